The maximum absolute atomic E-state index is 12.7. The van der Waals surface area contributed by atoms with Crippen molar-refractivity contribution in [1.29, 1.82) is 0 Å². The fourth-order valence-electron chi connectivity index (χ4n) is 2.97. The Hall–Kier alpha value is -1.64. The second-order valence-corrected chi connectivity index (χ2v) is 8.31. The minimum absolute atomic E-state index is 0.0249. The molecule has 1 rings (SSSR count). The number of benzene rings is 1. The molecule has 0 N–H and O–H groups in total. The van der Waals surface area contributed by atoms with E-state index in [0.717, 1.165) is 11.1 Å². The monoisotopic (exact) mass is 332 g/mol. The zero-order valence-electron chi connectivity index (χ0n) is 17.4. The van der Waals surface area contributed by atoms with Crippen LogP contribution >= 0.6 is 0 Å². The van der Waals surface area contributed by atoms with Gasteiger partial charge in [0.2, 0.25) is 6.39 Å². The van der Waals surface area contributed by atoms with Crippen LogP contribution in [0.2, 0.25) is 0 Å². The molecule has 0 saturated heterocycles. The first-order valence-electron chi connectivity index (χ1n) is 9.19. The molecule has 3 nitrogen and oxygen atoms in total. The molecule has 0 fully saturated rings. The minimum Gasteiger partial charge on any atom is -0.339 e. The predicted molar refractivity (Wildman–Crippen MR) is 99.9 cm³/mol. The summed E-state index contributed by atoms with van der Waals surface area (Å²) in [5.41, 5.74) is 1.06. The summed E-state index contributed by atoms with van der Waals surface area (Å²) in [7, 11) is 1.64. The van der Waals surface area contributed by atoms with Gasteiger partial charge in [-0.25, -0.2) is 0 Å². The van der Waals surface area contributed by atoms with Crippen LogP contribution in [0.1, 0.15) is 67.4 Å². The van der Waals surface area contributed by atoms with Gasteiger partial charge in [-0.2, -0.15) is 0 Å². The Bertz CT molecular complexity index is 635. The number of carbonyl (C=O) groups excluding carboxylic acids is 2. The molecule has 1 amide bonds. The summed E-state index contributed by atoms with van der Waals surface area (Å²) in [5.74, 6) is 0.608. The van der Waals surface area contributed by atoms with Crippen molar-refractivity contribution in [2.75, 3.05) is 7.05 Å². The van der Waals surface area contributed by atoms with Crippen molar-refractivity contribution in [1.82, 2.24) is 4.90 Å². The van der Waals surface area contributed by atoms with E-state index in [4.69, 9.17) is 1.37 Å². The van der Waals surface area contributed by atoms with E-state index in [9.17, 15) is 9.59 Å². The SMILES string of the molecule is [2H]C(=O)N(C)C(C)(C)c1ccccc1C(C)(C)CC(=O)C(C)C(C)C. The quantitative estimate of drug-likeness (QED) is 0.688. The van der Waals surface area contributed by atoms with Gasteiger partial charge in [-0.3, -0.25) is 9.59 Å². The van der Waals surface area contributed by atoms with Crippen LogP contribution in [0, 0.1) is 11.8 Å². The van der Waals surface area contributed by atoms with Crippen LogP contribution in [-0.4, -0.2) is 24.1 Å². The van der Waals surface area contributed by atoms with Gasteiger partial charge in [0.25, 0.3) is 0 Å². The number of amides is 1. The third kappa shape index (κ3) is 4.25. The van der Waals surface area contributed by atoms with Crippen LogP contribution < -0.4 is 0 Å². The maximum Gasteiger partial charge on any atom is 0.210 e. The van der Waals surface area contributed by atoms with Crippen molar-refractivity contribution in [2.24, 2.45) is 11.8 Å². The Kier molecular flexibility index (Phi) is 5.84. The average molecular weight is 333 g/mol. The van der Waals surface area contributed by atoms with Gasteiger partial charge in [0, 0.05) is 19.4 Å². The topological polar surface area (TPSA) is 37.4 Å². The second kappa shape index (κ2) is 7.50. The smallest absolute Gasteiger partial charge is 0.210 e. The fourth-order valence-corrected chi connectivity index (χ4v) is 2.97. The van der Waals surface area contributed by atoms with Gasteiger partial charge in [-0.1, -0.05) is 58.9 Å². The summed E-state index contributed by atoms with van der Waals surface area (Å²) in [6.07, 6.45) is -0.264. The zero-order chi connectivity index (χ0) is 19.6. The Labute approximate surface area is 148 Å². The standard InChI is InChI=1S/C21H33NO2/c1-15(2)16(3)19(24)13-20(4,5)17-11-9-10-12-18(17)21(6,7)22(8)14-23/h9-12,14-16H,13H2,1-8H3/i14D. The summed E-state index contributed by atoms with van der Waals surface area (Å²) < 4.78 is 7.46. The molecule has 0 spiro atoms. The summed E-state index contributed by atoms with van der Waals surface area (Å²) in [5, 5.41) is 0. The van der Waals surface area contributed by atoms with Gasteiger partial charge in [0.1, 0.15) is 7.15 Å². The summed E-state index contributed by atoms with van der Waals surface area (Å²) in [6, 6.07) is 7.94. The minimum atomic E-state index is -0.720. The first kappa shape index (κ1) is 18.7. The van der Waals surface area contributed by atoms with Gasteiger partial charge < -0.3 is 4.90 Å². The molecule has 0 aliphatic carbocycles. The number of hydrogen-bond acceptors (Lipinski definition) is 2. The van der Waals surface area contributed by atoms with Gasteiger partial charge in [0.15, 0.2) is 0 Å². The van der Waals surface area contributed by atoms with Crippen molar-refractivity contribution in [3.8, 4) is 0 Å². The normalized spacial score (nSPS) is 14.3. The highest BCUT2D eigenvalue weighted by Crippen LogP contribution is 2.38. The lowest BCUT2D eigenvalue weighted by atomic mass is 9.72. The number of Topliss-reactive ketones (excluding diaryl/α,β-unsaturated/α-hetero) is 1. The van der Waals surface area contributed by atoms with Crippen LogP contribution in [0.5, 0.6) is 0 Å². The molecule has 3 heteroatoms. The van der Waals surface area contributed by atoms with Gasteiger partial charge >= 0.3 is 0 Å². The van der Waals surface area contributed by atoms with Crippen LogP contribution in [0.25, 0.3) is 0 Å². The average Bonchev–Trinajstić information content (AvgIpc) is 2.52. The molecule has 0 aromatic heterocycles. The lowest BCUT2D eigenvalue weighted by molar-refractivity contribution is -0.125. The number of rotatable bonds is 7. The molecule has 0 bridgehead atoms. The van der Waals surface area contributed by atoms with Crippen molar-refractivity contribution >= 4 is 12.2 Å². The highest BCUT2D eigenvalue weighted by molar-refractivity contribution is 5.82. The van der Waals surface area contributed by atoms with Crippen LogP contribution in [0.3, 0.4) is 0 Å². The molecule has 0 saturated carbocycles. The second-order valence-electron chi connectivity index (χ2n) is 8.31. The Morgan fingerprint density at radius 1 is 1.17 bits per heavy atom. The van der Waals surface area contributed by atoms with Crippen LogP contribution in [0.15, 0.2) is 24.3 Å². The Morgan fingerprint density at radius 3 is 2.12 bits per heavy atom. The third-order valence-corrected chi connectivity index (χ3v) is 5.41. The molecule has 24 heavy (non-hydrogen) atoms. The molecule has 0 heterocycles. The molecule has 134 valence electrons. The Morgan fingerprint density at radius 2 is 1.67 bits per heavy atom. The number of carbonyl (C=O) groups is 2. The largest absolute Gasteiger partial charge is 0.339 e. The van der Waals surface area contributed by atoms with E-state index in [2.05, 4.69) is 27.7 Å². The maximum atomic E-state index is 12.7. The Balaban J connectivity index is 3.30. The van der Waals surface area contributed by atoms with E-state index in [0.29, 0.717) is 12.3 Å². The predicted octanol–water partition coefficient (Wildman–Crippen LogP) is 4.54. The lowest BCUT2D eigenvalue weighted by Crippen LogP contribution is -2.40. The van der Waals surface area contributed by atoms with E-state index >= 15 is 0 Å². The molecule has 1 unspecified atom stereocenters. The molecule has 0 aliphatic rings. The van der Waals surface area contributed by atoms with E-state index in [1.54, 1.807) is 7.05 Å². The number of ketones is 1. The molecule has 0 radical (unpaired) electrons. The zero-order valence-corrected chi connectivity index (χ0v) is 16.4. The molecule has 1 atom stereocenters. The molecule has 0 aliphatic heterocycles. The van der Waals surface area contributed by atoms with E-state index in [1.807, 2.05) is 45.0 Å². The summed E-state index contributed by atoms with van der Waals surface area (Å²) in [6.45, 7) is 14.2. The van der Waals surface area contributed by atoms with Gasteiger partial charge in [0.05, 0.1) is 5.54 Å². The first-order chi connectivity index (χ1) is 11.3. The fraction of sp³-hybridized carbons (Fsp3) is 0.619. The van der Waals surface area contributed by atoms with E-state index < -0.39 is 11.9 Å². The summed E-state index contributed by atoms with van der Waals surface area (Å²) in [4.78, 5) is 25.7. The van der Waals surface area contributed by atoms with Gasteiger partial charge in [-0.05, 0) is 36.3 Å². The van der Waals surface area contributed by atoms with E-state index in [1.165, 1.54) is 4.90 Å². The van der Waals surface area contributed by atoms with Crippen LogP contribution in [0.4, 0.5) is 0 Å². The molecular formula is C21H33NO2. The third-order valence-electron chi connectivity index (χ3n) is 5.41. The number of hydrogen-bond donors (Lipinski definition) is 0. The van der Waals surface area contributed by atoms with Crippen LogP contribution in [-0.2, 0) is 20.5 Å². The highest BCUT2D eigenvalue weighted by Gasteiger charge is 2.34. The first-order valence-corrected chi connectivity index (χ1v) is 8.69. The number of nitrogens with zero attached hydrogens (tertiary/aromatic N) is 1. The highest BCUT2D eigenvalue weighted by atomic mass is 16.1. The lowest BCUT2D eigenvalue weighted by Gasteiger charge is -2.38. The van der Waals surface area contributed by atoms with Crippen molar-refractivity contribution < 1.29 is 11.0 Å². The van der Waals surface area contributed by atoms with Crippen molar-refractivity contribution in [3.05, 3.63) is 35.4 Å². The molecule has 1 aromatic rings. The van der Waals surface area contributed by atoms with E-state index in [-0.39, 0.29) is 17.1 Å². The molecular weight excluding hydrogens is 298 g/mol. The van der Waals surface area contributed by atoms with Gasteiger partial charge in [-0.15, -0.1) is 0 Å². The van der Waals surface area contributed by atoms with Crippen molar-refractivity contribution in [3.63, 3.8) is 0 Å². The van der Waals surface area contributed by atoms with Crippen molar-refractivity contribution in [2.45, 2.75) is 65.8 Å². The molecule has 1 aromatic carbocycles. The summed E-state index contributed by atoms with van der Waals surface area (Å²) >= 11 is 0.